The summed E-state index contributed by atoms with van der Waals surface area (Å²) in [5.41, 5.74) is 1.32. The van der Waals surface area contributed by atoms with Crippen molar-refractivity contribution in [3.05, 3.63) is 23.8 Å². The van der Waals surface area contributed by atoms with Crippen molar-refractivity contribution in [1.82, 2.24) is 4.98 Å². The number of benzene rings is 1. The molecule has 0 unspecified atom stereocenters. The van der Waals surface area contributed by atoms with E-state index in [0.717, 1.165) is 5.56 Å². The third-order valence-electron chi connectivity index (χ3n) is 2.50. The molecule has 2 N–H and O–H groups in total. The summed E-state index contributed by atoms with van der Waals surface area (Å²) < 4.78 is 5.42. The molecule has 2 rings (SSSR count). The van der Waals surface area contributed by atoms with Crippen molar-refractivity contribution in [1.29, 1.82) is 0 Å². The molecule has 2 aromatic rings. The number of carboxylic acid groups (broad SMARTS) is 1. The molecule has 17 heavy (non-hydrogen) atoms. The molecule has 0 saturated heterocycles. The average molecular weight is 234 g/mol. The minimum atomic E-state index is -1.12. The van der Waals surface area contributed by atoms with Crippen LogP contribution in [-0.2, 0) is 4.79 Å². The number of rotatable bonds is 3. The lowest BCUT2D eigenvalue weighted by atomic mass is 10.1. The molecule has 0 amide bonds. The average Bonchev–Trinajstić information content (AvgIpc) is 2.57. The number of hydrogen-bond donors (Lipinski definition) is 2. The number of aromatic nitrogens is 1. The number of nitrogens with one attached hydrogen (secondary N) is 1. The third-order valence-corrected chi connectivity index (χ3v) is 2.50. The van der Waals surface area contributed by atoms with Crippen LogP contribution in [0.25, 0.3) is 11.1 Å². The Morgan fingerprint density at radius 1 is 1.47 bits per heavy atom. The minimum absolute atomic E-state index is 0.220. The molecule has 1 aromatic heterocycles. The van der Waals surface area contributed by atoms with Crippen molar-refractivity contribution in [3.8, 4) is 0 Å². The smallest absolute Gasteiger partial charge is 0.328 e. The highest BCUT2D eigenvalue weighted by atomic mass is 16.4. The van der Waals surface area contributed by atoms with E-state index in [2.05, 4.69) is 10.3 Å². The number of carbonyl (C=O) groups is 1. The molecule has 0 radical (unpaired) electrons. The Labute approximate surface area is 98.5 Å². The SMILES string of the molecule is Cc1ccc2oc(NC(C)(C)C(=O)O)nc2c1. The number of nitrogens with zero attached hydrogens (tertiary/aromatic N) is 1. The first kappa shape index (κ1) is 11.4. The maximum absolute atomic E-state index is 11.0. The third kappa shape index (κ3) is 2.22. The quantitative estimate of drug-likeness (QED) is 0.852. The van der Waals surface area contributed by atoms with Crippen LogP contribution in [0.15, 0.2) is 22.6 Å². The van der Waals surface area contributed by atoms with Gasteiger partial charge in [0.05, 0.1) is 0 Å². The van der Waals surface area contributed by atoms with Gasteiger partial charge >= 0.3 is 5.97 Å². The molecular formula is C12H14N2O3. The molecule has 1 aromatic carbocycles. The Morgan fingerprint density at radius 2 is 2.18 bits per heavy atom. The van der Waals surface area contributed by atoms with Crippen LogP contribution in [0.2, 0.25) is 0 Å². The molecule has 1 heterocycles. The molecule has 0 aliphatic carbocycles. The zero-order valence-electron chi connectivity index (χ0n) is 9.94. The fraction of sp³-hybridized carbons (Fsp3) is 0.333. The Kier molecular flexibility index (Phi) is 2.53. The number of anilines is 1. The summed E-state index contributed by atoms with van der Waals surface area (Å²) in [5, 5.41) is 11.7. The fourth-order valence-corrected chi connectivity index (χ4v) is 1.41. The molecule has 90 valence electrons. The summed E-state index contributed by atoms with van der Waals surface area (Å²) in [4.78, 5) is 15.2. The first-order valence-electron chi connectivity index (χ1n) is 5.27. The number of aliphatic carboxylic acids is 1. The van der Waals surface area contributed by atoms with Gasteiger partial charge in [0.1, 0.15) is 11.1 Å². The Hall–Kier alpha value is -2.04. The van der Waals surface area contributed by atoms with E-state index in [0.29, 0.717) is 11.1 Å². The van der Waals surface area contributed by atoms with Gasteiger partial charge in [-0.15, -0.1) is 0 Å². The van der Waals surface area contributed by atoms with Crippen LogP contribution in [0, 0.1) is 6.92 Å². The number of aryl methyl sites for hydroxylation is 1. The molecule has 0 aliphatic rings. The van der Waals surface area contributed by atoms with E-state index >= 15 is 0 Å². The highest BCUT2D eigenvalue weighted by molar-refractivity contribution is 5.82. The maximum atomic E-state index is 11.0. The summed E-state index contributed by atoms with van der Waals surface area (Å²) in [7, 11) is 0. The van der Waals surface area contributed by atoms with Crippen molar-refractivity contribution < 1.29 is 14.3 Å². The van der Waals surface area contributed by atoms with Gasteiger partial charge in [-0.25, -0.2) is 4.79 Å². The van der Waals surface area contributed by atoms with Crippen molar-refractivity contribution in [2.45, 2.75) is 26.3 Å². The predicted molar refractivity (Wildman–Crippen MR) is 64.1 cm³/mol. The van der Waals surface area contributed by atoms with Gasteiger partial charge in [-0.05, 0) is 38.5 Å². The summed E-state index contributed by atoms with van der Waals surface area (Å²) >= 11 is 0. The predicted octanol–water partition coefficient (Wildman–Crippen LogP) is 2.41. The van der Waals surface area contributed by atoms with E-state index in [1.54, 1.807) is 13.8 Å². The van der Waals surface area contributed by atoms with E-state index in [1.165, 1.54) is 0 Å². The van der Waals surface area contributed by atoms with Gasteiger partial charge in [0.25, 0.3) is 6.01 Å². The summed E-state index contributed by atoms with van der Waals surface area (Å²) in [6.07, 6.45) is 0. The number of hydrogen-bond acceptors (Lipinski definition) is 4. The molecule has 0 saturated carbocycles. The number of fused-ring (bicyclic) bond motifs is 1. The van der Waals surface area contributed by atoms with E-state index in [9.17, 15) is 4.79 Å². The topological polar surface area (TPSA) is 75.4 Å². The molecule has 5 heteroatoms. The minimum Gasteiger partial charge on any atom is -0.480 e. The fourth-order valence-electron chi connectivity index (χ4n) is 1.41. The van der Waals surface area contributed by atoms with Gasteiger partial charge in [-0.3, -0.25) is 0 Å². The largest absolute Gasteiger partial charge is 0.480 e. The standard InChI is InChI=1S/C12H14N2O3/c1-7-4-5-9-8(6-7)13-11(17-9)14-12(2,3)10(15)16/h4-6H,1-3H3,(H,13,14)(H,15,16). The first-order chi connectivity index (χ1) is 7.88. The van der Waals surface area contributed by atoms with Crippen LogP contribution < -0.4 is 5.32 Å². The maximum Gasteiger partial charge on any atom is 0.328 e. The highest BCUT2D eigenvalue weighted by Crippen LogP contribution is 2.22. The Bertz CT molecular complexity index is 572. The van der Waals surface area contributed by atoms with E-state index in [1.807, 2.05) is 25.1 Å². The van der Waals surface area contributed by atoms with Gasteiger partial charge in [-0.2, -0.15) is 4.98 Å². The first-order valence-corrected chi connectivity index (χ1v) is 5.27. The lowest BCUT2D eigenvalue weighted by Gasteiger charge is -2.18. The van der Waals surface area contributed by atoms with Crippen LogP contribution >= 0.6 is 0 Å². The van der Waals surface area contributed by atoms with E-state index in [4.69, 9.17) is 9.52 Å². The van der Waals surface area contributed by atoms with Gasteiger partial charge in [0.2, 0.25) is 0 Å². The monoisotopic (exact) mass is 234 g/mol. The molecular weight excluding hydrogens is 220 g/mol. The second-order valence-corrected chi connectivity index (χ2v) is 4.55. The van der Waals surface area contributed by atoms with E-state index in [-0.39, 0.29) is 6.01 Å². The van der Waals surface area contributed by atoms with Gasteiger partial charge in [-0.1, -0.05) is 6.07 Å². The lowest BCUT2D eigenvalue weighted by Crippen LogP contribution is -2.40. The Morgan fingerprint density at radius 3 is 2.82 bits per heavy atom. The normalized spacial score (nSPS) is 11.7. The van der Waals surface area contributed by atoms with Crippen LogP contribution in [0.5, 0.6) is 0 Å². The zero-order chi connectivity index (χ0) is 12.6. The van der Waals surface area contributed by atoms with Crippen LogP contribution in [0.1, 0.15) is 19.4 Å². The number of carboxylic acids is 1. The molecule has 5 nitrogen and oxygen atoms in total. The van der Waals surface area contributed by atoms with Gasteiger partial charge in [0.15, 0.2) is 5.58 Å². The van der Waals surface area contributed by atoms with Gasteiger partial charge < -0.3 is 14.8 Å². The molecule has 0 fully saturated rings. The summed E-state index contributed by atoms with van der Waals surface area (Å²) in [6.45, 7) is 5.06. The molecule has 0 bridgehead atoms. The molecule has 0 atom stereocenters. The second kappa shape index (κ2) is 3.76. The van der Waals surface area contributed by atoms with Gasteiger partial charge in [0, 0.05) is 0 Å². The summed E-state index contributed by atoms with van der Waals surface area (Å²) in [5.74, 6) is -0.962. The second-order valence-electron chi connectivity index (χ2n) is 4.55. The summed E-state index contributed by atoms with van der Waals surface area (Å²) in [6, 6.07) is 5.84. The van der Waals surface area contributed by atoms with E-state index < -0.39 is 11.5 Å². The van der Waals surface area contributed by atoms with Crippen molar-refractivity contribution in [2.24, 2.45) is 0 Å². The molecule has 0 aliphatic heterocycles. The lowest BCUT2D eigenvalue weighted by molar-refractivity contribution is -0.141. The van der Waals surface area contributed by atoms with Crippen LogP contribution in [-0.4, -0.2) is 21.6 Å². The zero-order valence-corrected chi connectivity index (χ0v) is 9.94. The van der Waals surface area contributed by atoms with Crippen molar-refractivity contribution >= 4 is 23.1 Å². The van der Waals surface area contributed by atoms with Crippen LogP contribution in [0.4, 0.5) is 6.01 Å². The van der Waals surface area contributed by atoms with Crippen LogP contribution in [0.3, 0.4) is 0 Å². The number of oxazole rings is 1. The highest BCUT2D eigenvalue weighted by Gasteiger charge is 2.28. The van der Waals surface area contributed by atoms with Crippen molar-refractivity contribution in [2.75, 3.05) is 5.32 Å². The van der Waals surface area contributed by atoms with Crippen molar-refractivity contribution in [3.63, 3.8) is 0 Å². The Balaban J connectivity index is 2.34. The molecule has 0 spiro atoms.